The van der Waals surface area contributed by atoms with Crippen LogP contribution in [0.1, 0.15) is 0 Å². The second kappa shape index (κ2) is 23.7. The smallest absolute Gasteiger partial charge is 0.450 e. The summed E-state index contributed by atoms with van der Waals surface area (Å²) in [6.45, 7) is 0. The van der Waals surface area contributed by atoms with E-state index in [0.29, 0.717) is 0 Å². The van der Waals surface area contributed by atoms with Gasteiger partial charge in [0.15, 0.2) is 0 Å². The van der Waals surface area contributed by atoms with Gasteiger partial charge in [0.05, 0.1) is 0 Å². The molecule has 9 heteroatoms. The maximum Gasteiger partial charge on any atom is 0.503 e. The molecule has 11 heavy (non-hydrogen) atoms. The summed E-state index contributed by atoms with van der Waals surface area (Å²) in [7, 11) is 0. The first-order valence-electron chi connectivity index (χ1n) is 1.64. The molecule has 11 N–H and O–H groups in total. The maximum absolute atomic E-state index is 8.56. The Kier molecular flexibility index (Phi) is 49.0. The standard InChI is InChI=1S/2CH2O3.H4N2.H3N/c2*2-1(3)4;1-2;/h2*(H2,2,3,4);1-2H2;1H3. The van der Waals surface area contributed by atoms with Gasteiger partial charge in [-0.3, -0.25) is 11.7 Å². The van der Waals surface area contributed by atoms with Gasteiger partial charge < -0.3 is 26.6 Å². The molecule has 0 saturated carbocycles. The minimum atomic E-state index is -1.83. The molecule has 0 heterocycles. The maximum atomic E-state index is 8.56. The van der Waals surface area contributed by atoms with Gasteiger partial charge in [-0.1, -0.05) is 0 Å². The molecule has 0 radical (unpaired) electrons. The van der Waals surface area contributed by atoms with E-state index in [2.05, 4.69) is 11.7 Å². The molecule has 0 bridgehead atoms. The molecule has 0 amide bonds. The average Bonchev–Trinajstić information content (AvgIpc) is 1.66. The van der Waals surface area contributed by atoms with Crippen molar-refractivity contribution in [3.63, 3.8) is 0 Å². The van der Waals surface area contributed by atoms with Gasteiger partial charge in [0.1, 0.15) is 0 Å². The van der Waals surface area contributed by atoms with Crippen molar-refractivity contribution in [1.29, 1.82) is 0 Å². The first-order valence-corrected chi connectivity index (χ1v) is 1.64. The molecule has 0 aliphatic rings. The van der Waals surface area contributed by atoms with Crippen LogP contribution in [0.15, 0.2) is 0 Å². The molecule has 9 nitrogen and oxygen atoms in total. The number of hydrogen-bond donors (Lipinski definition) is 7. The van der Waals surface area contributed by atoms with Crippen molar-refractivity contribution in [3.8, 4) is 0 Å². The molecule has 0 aromatic rings. The number of hydrazine groups is 1. The van der Waals surface area contributed by atoms with Crippen LogP contribution in [0.2, 0.25) is 0 Å². The number of hydrogen-bond acceptors (Lipinski definition) is 5. The fourth-order valence-corrected chi connectivity index (χ4v) is 0. The van der Waals surface area contributed by atoms with Crippen molar-refractivity contribution >= 4 is 12.3 Å². The van der Waals surface area contributed by atoms with Crippen LogP contribution in [-0.4, -0.2) is 32.7 Å². The van der Waals surface area contributed by atoms with Gasteiger partial charge in [0, 0.05) is 0 Å². The average molecular weight is 173 g/mol. The minimum Gasteiger partial charge on any atom is -0.450 e. The SMILES string of the molecule is N.NN.O=C(O)O.O=C(O)O. The van der Waals surface area contributed by atoms with Gasteiger partial charge in [-0.15, -0.1) is 0 Å². The van der Waals surface area contributed by atoms with E-state index in [1.807, 2.05) is 0 Å². The number of rotatable bonds is 0. The first-order chi connectivity index (χ1) is 4.46. The lowest BCUT2D eigenvalue weighted by molar-refractivity contribution is 0.135. The number of carboxylic acid groups (broad SMARTS) is 4. The fraction of sp³-hybridized carbons (Fsp3) is 0. The molecule has 0 saturated heterocycles. The van der Waals surface area contributed by atoms with Crippen LogP contribution in [0, 0.1) is 0 Å². The second-order valence-electron chi connectivity index (χ2n) is 0.565. The third-order valence-corrected chi connectivity index (χ3v) is 0. The Balaban J connectivity index is -0.0000000339. The Morgan fingerprint density at radius 3 is 0.818 bits per heavy atom. The van der Waals surface area contributed by atoms with E-state index in [0.717, 1.165) is 0 Å². The van der Waals surface area contributed by atoms with E-state index in [9.17, 15) is 0 Å². The molecule has 0 rings (SSSR count). The normalized spacial score (nSPS) is 4.91. The van der Waals surface area contributed by atoms with Crippen molar-refractivity contribution in [2.75, 3.05) is 0 Å². The van der Waals surface area contributed by atoms with E-state index in [1.54, 1.807) is 0 Å². The molecule has 0 unspecified atom stereocenters. The molecular weight excluding hydrogens is 162 g/mol. The molecule has 0 fully saturated rings. The van der Waals surface area contributed by atoms with Crippen LogP contribution >= 0.6 is 0 Å². The largest absolute Gasteiger partial charge is 0.503 e. The lowest BCUT2D eigenvalue weighted by Gasteiger charge is -1.60. The summed E-state index contributed by atoms with van der Waals surface area (Å²) in [5, 5.41) is 27.9. The molecule has 70 valence electrons. The van der Waals surface area contributed by atoms with Gasteiger partial charge in [-0.25, -0.2) is 9.59 Å². The minimum absolute atomic E-state index is 0. The molecule has 0 spiro atoms. The Labute approximate surface area is 61.4 Å². The molecular formula is C2H11N3O6. The molecule has 0 atom stereocenters. The van der Waals surface area contributed by atoms with Crippen LogP contribution in [-0.2, 0) is 0 Å². The molecule has 0 aliphatic heterocycles. The van der Waals surface area contributed by atoms with Gasteiger partial charge in [0.25, 0.3) is 0 Å². The molecule has 0 aromatic heterocycles. The highest BCUT2D eigenvalue weighted by Crippen LogP contribution is 1.43. The number of nitrogens with two attached hydrogens (primary N) is 2. The predicted molar refractivity (Wildman–Crippen MR) is 34.7 cm³/mol. The van der Waals surface area contributed by atoms with E-state index in [1.165, 1.54) is 0 Å². The van der Waals surface area contributed by atoms with Crippen LogP contribution < -0.4 is 17.8 Å². The van der Waals surface area contributed by atoms with Crippen LogP contribution in [0.4, 0.5) is 9.59 Å². The van der Waals surface area contributed by atoms with Crippen molar-refractivity contribution < 1.29 is 30.0 Å². The van der Waals surface area contributed by atoms with Crippen molar-refractivity contribution in [3.05, 3.63) is 0 Å². The zero-order chi connectivity index (χ0) is 9.15. The Morgan fingerprint density at radius 2 is 0.818 bits per heavy atom. The lowest BCUT2D eigenvalue weighted by atomic mass is 11.5. The van der Waals surface area contributed by atoms with Crippen LogP contribution in [0.25, 0.3) is 0 Å². The summed E-state index contributed by atoms with van der Waals surface area (Å²) in [4.78, 5) is 17.1. The quantitative estimate of drug-likeness (QED) is 0.184. The lowest BCUT2D eigenvalue weighted by Crippen LogP contribution is -2.02. The zero-order valence-electron chi connectivity index (χ0n) is 5.47. The van der Waals surface area contributed by atoms with Crippen molar-refractivity contribution in [1.82, 2.24) is 6.15 Å². The van der Waals surface area contributed by atoms with E-state index in [4.69, 9.17) is 30.0 Å². The zero-order valence-corrected chi connectivity index (χ0v) is 5.47. The van der Waals surface area contributed by atoms with Crippen LogP contribution in [0.3, 0.4) is 0 Å². The number of carbonyl (C=O) groups is 2. The summed E-state index contributed by atoms with van der Waals surface area (Å²) in [5.41, 5.74) is 0. The first kappa shape index (κ1) is 22.7. The van der Waals surface area contributed by atoms with E-state index >= 15 is 0 Å². The highest BCUT2D eigenvalue weighted by molar-refractivity contribution is 5.53. The molecule has 0 aliphatic carbocycles. The Bertz CT molecular complexity index is 73.8. The van der Waals surface area contributed by atoms with Gasteiger partial charge in [-0.2, -0.15) is 0 Å². The summed E-state index contributed by atoms with van der Waals surface area (Å²) in [6.07, 6.45) is -3.67. The summed E-state index contributed by atoms with van der Waals surface area (Å²) in [5.74, 6) is 8.00. The van der Waals surface area contributed by atoms with Gasteiger partial charge in [0.2, 0.25) is 0 Å². The molecule has 0 aromatic carbocycles. The van der Waals surface area contributed by atoms with Crippen molar-refractivity contribution in [2.24, 2.45) is 11.7 Å². The highest BCUT2D eigenvalue weighted by atomic mass is 16.6. The van der Waals surface area contributed by atoms with Crippen LogP contribution in [0.5, 0.6) is 0 Å². The topological polar surface area (TPSA) is 202 Å². The monoisotopic (exact) mass is 173 g/mol. The Morgan fingerprint density at radius 1 is 0.818 bits per heavy atom. The predicted octanol–water partition coefficient (Wildman–Crippen LogP) is -0.574. The Hall–Kier alpha value is -1.58. The third kappa shape index (κ3) is 139. The highest BCUT2D eigenvalue weighted by Gasteiger charge is 1.70. The third-order valence-electron chi connectivity index (χ3n) is 0. The van der Waals surface area contributed by atoms with Gasteiger partial charge in [-0.05, 0) is 0 Å². The summed E-state index contributed by atoms with van der Waals surface area (Å²) >= 11 is 0. The van der Waals surface area contributed by atoms with Gasteiger partial charge >= 0.3 is 12.3 Å². The summed E-state index contributed by atoms with van der Waals surface area (Å²) in [6, 6.07) is 0. The second-order valence-corrected chi connectivity index (χ2v) is 0.565. The van der Waals surface area contributed by atoms with E-state index < -0.39 is 12.3 Å². The summed E-state index contributed by atoms with van der Waals surface area (Å²) < 4.78 is 0. The van der Waals surface area contributed by atoms with E-state index in [-0.39, 0.29) is 6.15 Å². The van der Waals surface area contributed by atoms with Crippen molar-refractivity contribution in [2.45, 2.75) is 0 Å². The fourth-order valence-electron chi connectivity index (χ4n) is 0.